The Hall–Kier alpha value is -1.31. The Morgan fingerprint density at radius 1 is 1.29 bits per heavy atom. The van der Waals surface area contributed by atoms with E-state index in [-0.39, 0.29) is 11.4 Å². The molecule has 0 amide bonds. The Balaban J connectivity index is 2.89. The van der Waals surface area contributed by atoms with Crippen LogP contribution >= 0.6 is 0 Å². The van der Waals surface area contributed by atoms with Crippen LogP contribution in [-0.2, 0) is 0 Å². The highest BCUT2D eigenvalue weighted by Crippen LogP contribution is 2.19. The maximum atomic E-state index is 11.1. The van der Waals surface area contributed by atoms with Crippen molar-refractivity contribution >= 4 is 5.78 Å². The zero-order chi connectivity index (χ0) is 10.8. The predicted octanol–water partition coefficient (Wildman–Crippen LogP) is 3.07. The predicted molar refractivity (Wildman–Crippen MR) is 56.8 cm³/mol. The van der Waals surface area contributed by atoms with E-state index in [4.69, 9.17) is 4.74 Å². The number of carbonyl (C=O) groups excluding carboxylic acids is 1. The van der Waals surface area contributed by atoms with Crippen molar-refractivity contribution in [3.05, 3.63) is 29.8 Å². The zero-order valence-corrected chi connectivity index (χ0v) is 9.13. The fourth-order valence-corrected chi connectivity index (χ4v) is 1.13. The highest BCUT2D eigenvalue weighted by Gasteiger charge is 2.12. The van der Waals surface area contributed by atoms with Crippen LogP contribution in [0.15, 0.2) is 24.3 Å². The second kappa shape index (κ2) is 3.82. The van der Waals surface area contributed by atoms with Crippen LogP contribution < -0.4 is 4.74 Å². The lowest BCUT2D eigenvalue weighted by Crippen LogP contribution is -2.23. The maximum Gasteiger partial charge on any atom is 0.159 e. The van der Waals surface area contributed by atoms with E-state index in [0.717, 1.165) is 5.75 Å². The summed E-state index contributed by atoms with van der Waals surface area (Å²) in [6.45, 7) is 7.49. The largest absolute Gasteiger partial charge is 0.488 e. The van der Waals surface area contributed by atoms with E-state index in [2.05, 4.69) is 0 Å². The number of carbonyl (C=O) groups is 1. The molecule has 0 saturated heterocycles. The molecule has 0 atom stereocenters. The molecule has 0 aliphatic carbocycles. The lowest BCUT2D eigenvalue weighted by Gasteiger charge is -2.21. The van der Waals surface area contributed by atoms with Gasteiger partial charge in [-0.15, -0.1) is 0 Å². The van der Waals surface area contributed by atoms with Gasteiger partial charge in [0.05, 0.1) is 0 Å². The maximum absolute atomic E-state index is 11.1. The number of ether oxygens (including phenoxy) is 1. The molecule has 2 heteroatoms. The number of Topliss-reactive ketones (excluding diaryl/α,β-unsaturated/α-hetero) is 1. The highest BCUT2D eigenvalue weighted by atomic mass is 16.5. The third kappa shape index (κ3) is 3.21. The lowest BCUT2D eigenvalue weighted by atomic mass is 10.1. The van der Waals surface area contributed by atoms with Crippen LogP contribution in [0.1, 0.15) is 38.1 Å². The smallest absolute Gasteiger partial charge is 0.159 e. The van der Waals surface area contributed by atoms with Crippen molar-refractivity contribution in [3.8, 4) is 5.75 Å². The van der Waals surface area contributed by atoms with E-state index in [9.17, 15) is 4.79 Å². The van der Waals surface area contributed by atoms with Gasteiger partial charge >= 0.3 is 0 Å². The first-order valence-corrected chi connectivity index (χ1v) is 4.68. The van der Waals surface area contributed by atoms with E-state index in [1.807, 2.05) is 32.9 Å². The van der Waals surface area contributed by atoms with E-state index < -0.39 is 0 Å². The number of rotatable bonds is 2. The quantitative estimate of drug-likeness (QED) is 0.673. The average Bonchev–Trinajstić information content (AvgIpc) is 2.01. The molecule has 0 aliphatic rings. The molecule has 1 aromatic carbocycles. The van der Waals surface area contributed by atoms with E-state index in [0.29, 0.717) is 5.56 Å². The third-order valence-corrected chi connectivity index (χ3v) is 1.66. The Morgan fingerprint density at radius 2 is 1.93 bits per heavy atom. The van der Waals surface area contributed by atoms with Gasteiger partial charge in [0.15, 0.2) is 5.78 Å². The summed E-state index contributed by atoms with van der Waals surface area (Å²) in [6.07, 6.45) is 0. The van der Waals surface area contributed by atoms with Gasteiger partial charge in [-0.3, -0.25) is 4.79 Å². The molecule has 0 spiro atoms. The van der Waals surface area contributed by atoms with Crippen molar-refractivity contribution in [2.75, 3.05) is 0 Å². The van der Waals surface area contributed by atoms with Crippen LogP contribution in [0.5, 0.6) is 5.75 Å². The summed E-state index contributed by atoms with van der Waals surface area (Å²) >= 11 is 0. The molecule has 0 heterocycles. The van der Waals surface area contributed by atoms with Crippen molar-refractivity contribution in [1.82, 2.24) is 0 Å². The Bertz CT molecular complexity index is 334. The van der Waals surface area contributed by atoms with Gasteiger partial charge in [-0.2, -0.15) is 0 Å². The first-order valence-electron chi connectivity index (χ1n) is 4.68. The summed E-state index contributed by atoms with van der Waals surface area (Å²) in [5.41, 5.74) is 0.460. The van der Waals surface area contributed by atoms with Crippen molar-refractivity contribution in [1.29, 1.82) is 0 Å². The second-order valence-electron chi connectivity index (χ2n) is 4.30. The Labute approximate surface area is 84.9 Å². The highest BCUT2D eigenvalue weighted by molar-refractivity contribution is 5.94. The van der Waals surface area contributed by atoms with E-state index >= 15 is 0 Å². The van der Waals surface area contributed by atoms with Gasteiger partial charge in [-0.25, -0.2) is 0 Å². The molecule has 2 nitrogen and oxygen atoms in total. The summed E-state index contributed by atoms with van der Waals surface area (Å²) in [7, 11) is 0. The summed E-state index contributed by atoms with van der Waals surface area (Å²) in [4.78, 5) is 11.1. The normalized spacial score (nSPS) is 11.1. The lowest BCUT2D eigenvalue weighted by molar-refractivity contribution is 0.101. The van der Waals surface area contributed by atoms with E-state index in [1.165, 1.54) is 0 Å². The van der Waals surface area contributed by atoms with Crippen molar-refractivity contribution < 1.29 is 9.53 Å². The van der Waals surface area contributed by atoms with Crippen LogP contribution in [0, 0.1) is 0 Å². The summed E-state index contributed by atoms with van der Waals surface area (Å²) < 4.78 is 5.64. The second-order valence-corrected chi connectivity index (χ2v) is 4.30. The van der Waals surface area contributed by atoms with Crippen molar-refractivity contribution in [3.63, 3.8) is 0 Å². The van der Waals surface area contributed by atoms with Gasteiger partial charge < -0.3 is 4.74 Å². The molecule has 0 saturated carbocycles. The standard InChI is InChI=1S/C12H16O2/c1-9(13)10-6-5-7-11(8-10)14-12(2,3)4/h5-8H,1-4H3. The van der Waals surface area contributed by atoms with Crippen LogP contribution in [0.25, 0.3) is 0 Å². The molecule has 0 aliphatic heterocycles. The molecule has 0 radical (unpaired) electrons. The van der Waals surface area contributed by atoms with Crippen LogP contribution in [0.3, 0.4) is 0 Å². The molecule has 76 valence electrons. The van der Waals surface area contributed by atoms with Crippen molar-refractivity contribution in [2.24, 2.45) is 0 Å². The SMILES string of the molecule is CC(=O)c1cccc(OC(C)(C)C)c1. The molecule has 0 N–H and O–H groups in total. The minimum atomic E-state index is -0.227. The summed E-state index contributed by atoms with van der Waals surface area (Å²) in [5.74, 6) is 0.801. The number of hydrogen-bond donors (Lipinski definition) is 0. The number of benzene rings is 1. The fraction of sp³-hybridized carbons (Fsp3) is 0.417. The first-order chi connectivity index (χ1) is 6.38. The topological polar surface area (TPSA) is 26.3 Å². The summed E-state index contributed by atoms with van der Waals surface area (Å²) in [5, 5.41) is 0. The number of ketones is 1. The summed E-state index contributed by atoms with van der Waals surface area (Å²) in [6, 6.07) is 7.25. The minimum absolute atomic E-state index is 0.0596. The molecule has 0 bridgehead atoms. The van der Waals surface area contributed by atoms with Gasteiger partial charge in [0.1, 0.15) is 11.4 Å². The van der Waals surface area contributed by atoms with Crippen molar-refractivity contribution in [2.45, 2.75) is 33.3 Å². The molecule has 0 fully saturated rings. The number of hydrogen-bond acceptors (Lipinski definition) is 2. The van der Waals surface area contributed by atoms with Gasteiger partial charge in [-0.05, 0) is 39.8 Å². The molecular weight excluding hydrogens is 176 g/mol. The monoisotopic (exact) mass is 192 g/mol. The molecular formula is C12H16O2. The van der Waals surface area contributed by atoms with Crippen LogP contribution in [0.4, 0.5) is 0 Å². The Kier molecular flexibility index (Phi) is 2.94. The third-order valence-electron chi connectivity index (χ3n) is 1.66. The van der Waals surface area contributed by atoms with Crippen LogP contribution in [0.2, 0.25) is 0 Å². The zero-order valence-electron chi connectivity index (χ0n) is 9.13. The molecule has 0 unspecified atom stereocenters. The van der Waals surface area contributed by atoms with Gasteiger partial charge in [0, 0.05) is 5.56 Å². The van der Waals surface area contributed by atoms with Gasteiger partial charge in [0.25, 0.3) is 0 Å². The van der Waals surface area contributed by atoms with Crippen LogP contribution in [-0.4, -0.2) is 11.4 Å². The molecule has 0 aromatic heterocycles. The van der Waals surface area contributed by atoms with Gasteiger partial charge in [0.2, 0.25) is 0 Å². The molecule has 1 aromatic rings. The molecule has 14 heavy (non-hydrogen) atoms. The van der Waals surface area contributed by atoms with E-state index in [1.54, 1.807) is 19.1 Å². The first kappa shape index (κ1) is 10.8. The average molecular weight is 192 g/mol. The fourth-order valence-electron chi connectivity index (χ4n) is 1.13. The minimum Gasteiger partial charge on any atom is -0.488 e. The Morgan fingerprint density at radius 3 is 2.43 bits per heavy atom. The van der Waals surface area contributed by atoms with Gasteiger partial charge in [-0.1, -0.05) is 12.1 Å². The molecule has 1 rings (SSSR count).